The molecule has 0 unspecified atom stereocenters. The Morgan fingerprint density at radius 3 is 2.50 bits per heavy atom. The number of nitro benzene ring substituents is 1. The van der Waals surface area contributed by atoms with Gasteiger partial charge in [0.1, 0.15) is 17.1 Å². The number of hydrogen-bond donors (Lipinski definition) is 3. The number of carbonyl (C=O) groups excluding carboxylic acids is 1. The number of hydrogen-bond acceptors (Lipinski definition) is 11. The van der Waals surface area contributed by atoms with Gasteiger partial charge in [0.2, 0.25) is 0 Å². The first-order valence-electron chi connectivity index (χ1n) is 21.1. The molecule has 14 nitrogen and oxygen atoms in total. The fourth-order valence-corrected chi connectivity index (χ4v) is 9.78. The van der Waals surface area contributed by atoms with Crippen LogP contribution in [0, 0.1) is 21.4 Å². The van der Waals surface area contributed by atoms with E-state index in [1.807, 2.05) is 18.2 Å². The van der Waals surface area contributed by atoms with Crippen LogP contribution >= 0.6 is 11.6 Å². The van der Waals surface area contributed by atoms with E-state index in [1.54, 1.807) is 24.4 Å². The molecule has 3 aromatic carbocycles. The highest BCUT2D eigenvalue weighted by molar-refractivity contribution is 7.90. The molecule has 0 spiro atoms. The molecule has 326 valence electrons. The molecule has 1 saturated heterocycles. The number of aromatic nitrogens is 2. The lowest BCUT2D eigenvalue weighted by atomic mass is 9.72. The monoisotopic (exact) mass is 882 g/mol. The van der Waals surface area contributed by atoms with Gasteiger partial charge in [0, 0.05) is 67.1 Å². The summed E-state index contributed by atoms with van der Waals surface area (Å²) >= 11 is 6.24. The molecule has 1 saturated carbocycles. The van der Waals surface area contributed by atoms with Gasteiger partial charge in [0.05, 0.1) is 34.3 Å². The summed E-state index contributed by atoms with van der Waals surface area (Å²) in [4.78, 5) is 36.9. The minimum absolute atomic E-state index is 0.0564. The molecule has 5 aromatic rings. The highest BCUT2D eigenvalue weighted by atomic mass is 35.5. The van der Waals surface area contributed by atoms with Gasteiger partial charge in [0.25, 0.3) is 15.9 Å². The Morgan fingerprint density at radius 2 is 1.76 bits per heavy atom. The number of aromatic amines is 1. The summed E-state index contributed by atoms with van der Waals surface area (Å²) in [6.07, 6.45) is 8.79. The lowest BCUT2D eigenvalue weighted by Gasteiger charge is -2.39. The first kappa shape index (κ1) is 43.2. The second kappa shape index (κ2) is 18.1. The van der Waals surface area contributed by atoms with Crippen LogP contribution in [0.15, 0.2) is 95.7 Å². The second-order valence-electron chi connectivity index (χ2n) is 17.4. The van der Waals surface area contributed by atoms with Crippen LogP contribution in [0.25, 0.3) is 16.6 Å². The number of rotatable bonds is 13. The van der Waals surface area contributed by atoms with E-state index in [9.17, 15) is 28.4 Å². The molecule has 8 rings (SSSR count). The molecule has 3 heterocycles. The van der Waals surface area contributed by atoms with Crippen molar-refractivity contribution in [2.75, 3.05) is 44.2 Å². The SMILES string of the molecule is CC1(C)CCC(CN2CCN(c3ccc(C(=O)NS(=O)(=O)c4ccc(OC[C@H]5CC[C@H](O)CC5)c([N+](=O)[O-])c4)c(Oc4cnc5[nH]ccc5c4)c3)CC2)=C(c2ccc(Cl)cc2)C1. The van der Waals surface area contributed by atoms with Crippen molar-refractivity contribution >= 4 is 55.5 Å². The van der Waals surface area contributed by atoms with E-state index in [4.69, 9.17) is 21.1 Å². The number of nitro groups is 1. The average molecular weight is 883 g/mol. The van der Waals surface area contributed by atoms with Crippen LogP contribution in [-0.4, -0.2) is 84.7 Å². The predicted molar refractivity (Wildman–Crippen MR) is 238 cm³/mol. The number of halogens is 1. The Labute approximate surface area is 366 Å². The van der Waals surface area contributed by atoms with Crippen LogP contribution in [-0.2, 0) is 10.0 Å². The van der Waals surface area contributed by atoms with E-state index in [2.05, 4.69) is 50.5 Å². The van der Waals surface area contributed by atoms with Crippen molar-refractivity contribution in [1.29, 1.82) is 0 Å². The van der Waals surface area contributed by atoms with Crippen LogP contribution in [0.5, 0.6) is 17.2 Å². The standard InChI is InChI=1S/C46H51ClN6O8S/c1-46(2)17-15-33(40(26-46)31-5-7-34(47)8-6-31)28-51-19-21-52(22-20-51)35-9-13-39(43(24-35)61-37-23-32-16-18-48-44(32)49-27-37)45(55)50-62(58,59)38-12-14-42(41(25-38)53(56)57)60-29-30-3-10-36(54)11-4-30/h5-9,12-14,16,18,23-25,27,30,36,54H,3-4,10-11,15,17,19-22,26,28-29H2,1-2H3,(H,48,49)(H,50,55)/t30-,36-. The van der Waals surface area contributed by atoms with Crippen LogP contribution in [0.3, 0.4) is 0 Å². The van der Waals surface area contributed by atoms with Gasteiger partial charge in [-0.2, -0.15) is 0 Å². The highest BCUT2D eigenvalue weighted by Crippen LogP contribution is 2.43. The van der Waals surface area contributed by atoms with Gasteiger partial charge in [-0.1, -0.05) is 43.2 Å². The average Bonchev–Trinajstić information content (AvgIpc) is 3.72. The molecule has 2 aliphatic carbocycles. The van der Waals surface area contributed by atoms with Crippen LogP contribution < -0.4 is 19.1 Å². The number of fused-ring (bicyclic) bond motifs is 1. The number of aliphatic hydroxyl groups excluding tert-OH is 1. The number of nitrogens with zero attached hydrogens (tertiary/aromatic N) is 4. The van der Waals surface area contributed by atoms with E-state index < -0.39 is 31.4 Å². The van der Waals surface area contributed by atoms with Gasteiger partial charge in [-0.25, -0.2) is 18.1 Å². The third-order valence-electron chi connectivity index (χ3n) is 12.3. The molecule has 3 aliphatic rings. The number of nitrogens with one attached hydrogen (secondary N) is 2. The summed E-state index contributed by atoms with van der Waals surface area (Å²) < 4.78 is 41.5. The maximum Gasteiger partial charge on any atom is 0.312 e. The third kappa shape index (κ3) is 10.1. The van der Waals surface area contributed by atoms with Crippen molar-refractivity contribution in [3.8, 4) is 17.2 Å². The number of benzene rings is 3. The zero-order valence-corrected chi connectivity index (χ0v) is 36.4. The number of piperazine rings is 1. The van der Waals surface area contributed by atoms with E-state index in [1.165, 1.54) is 41.1 Å². The number of H-pyrrole nitrogens is 1. The quantitative estimate of drug-likeness (QED) is 0.0760. The molecule has 0 atom stereocenters. The van der Waals surface area contributed by atoms with E-state index >= 15 is 0 Å². The summed E-state index contributed by atoms with van der Waals surface area (Å²) in [5.74, 6) is -0.492. The molecule has 2 aromatic heterocycles. The molecule has 3 N–H and O–H groups in total. The Balaban J connectivity index is 0.998. The molecule has 0 bridgehead atoms. The first-order valence-corrected chi connectivity index (χ1v) is 22.9. The highest BCUT2D eigenvalue weighted by Gasteiger charge is 2.31. The zero-order chi connectivity index (χ0) is 43.6. The van der Waals surface area contributed by atoms with Gasteiger partial charge in [-0.15, -0.1) is 0 Å². The van der Waals surface area contributed by atoms with Crippen LogP contribution in [0.4, 0.5) is 11.4 Å². The number of sulfonamides is 1. The number of ether oxygens (including phenoxy) is 2. The molecule has 0 radical (unpaired) electrons. The van der Waals surface area contributed by atoms with Gasteiger partial charge < -0.3 is 24.5 Å². The van der Waals surface area contributed by atoms with Crippen molar-refractivity contribution in [2.45, 2.75) is 69.8 Å². The normalized spacial score (nSPS) is 19.6. The molecule has 62 heavy (non-hydrogen) atoms. The van der Waals surface area contributed by atoms with Crippen molar-refractivity contribution < 1.29 is 32.7 Å². The van der Waals surface area contributed by atoms with Gasteiger partial charge in [0.15, 0.2) is 5.75 Å². The van der Waals surface area contributed by atoms with Gasteiger partial charge in [-0.3, -0.25) is 19.8 Å². The fourth-order valence-electron chi connectivity index (χ4n) is 8.66. The lowest BCUT2D eigenvalue weighted by molar-refractivity contribution is -0.386. The van der Waals surface area contributed by atoms with E-state index in [-0.39, 0.29) is 41.1 Å². The number of anilines is 1. The summed E-state index contributed by atoms with van der Waals surface area (Å²) in [5.41, 5.74) is 5.16. The number of carbonyl (C=O) groups is 1. The Kier molecular flexibility index (Phi) is 12.6. The number of pyridine rings is 1. The fraction of sp³-hybridized carbons (Fsp3) is 0.391. The Morgan fingerprint density at radius 1 is 1.00 bits per heavy atom. The number of aliphatic hydroxyl groups is 1. The summed E-state index contributed by atoms with van der Waals surface area (Å²) in [5, 5.41) is 23.4. The molecule has 2 fully saturated rings. The van der Waals surface area contributed by atoms with E-state index in [0.29, 0.717) is 37.3 Å². The minimum Gasteiger partial charge on any atom is -0.487 e. The maximum atomic E-state index is 13.9. The van der Waals surface area contributed by atoms with Gasteiger partial charge in [-0.05, 0) is 116 Å². The van der Waals surface area contributed by atoms with Crippen molar-refractivity contribution in [3.63, 3.8) is 0 Å². The van der Waals surface area contributed by atoms with E-state index in [0.717, 1.165) is 73.9 Å². The molecular weight excluding hydrogens is 832 g/mol. The Hall–Kier alpha value is -5.48. The van der Waals surface area contributed by atoms with Crippen LogP contribution in [0.2, 0.25) is 5.02 Å². The number of amides is 1. The summed E-state index contributed by atoms with van der Waals surface area (Å²) in [7, 11) is -4.60. The minimum atomic E-state index is -4.60. The largest absolute Gasteiger partial charge is 0.487 e. The maximum absolute atomic E-state index is 13.9. The lowest BCUT2D eigenvalue weighted by Crippen LogP contribution is -2.47. The smallest absolute Gasteiger partial charge is 0.312 e. The zero-order valence-electron chi connectivity index (χ0n) is 34.8. The topological polar surface area (TPSA) is 180 Å². The van der Waals surface area contributed by atoms with Gasteiger partial charge >= 0.3 is 5.69 Å². The van der Waals surface area contributed by atoms with Crippen LogP contribution in [0.1, 0.15) is 74.7 Å². The molecule has 16 heteroatoms. The third-order valence-corrected chi connectivity index (χ3v) is 13.9. The van der Waals surface area contributed by atoms with Crippen molar-refractivity contribution in [1.82, 2.24) is 19.6 Å². The molecule has 1 aliphatic heterocycles. The predicted octanol–water partition coefficient (Wildman–Crippen LogP) is 8.75. The van der Waals surface area contributed by atoms with Crippen molar-refractivity contribution in [2.24, 2.45) is 11.3 Å². The first-order chi connectivity index (χ1) is 29.7. The molecule has 1 amide bonds. The Bertz CT molecular complexity index is 2600. The van der Waals surface area contributed by atoms with Crippen molar-refractivity contribution in [3.05, 3.63) is 117 Å². The second-order valence-corrected chi connectivity index (χ2v) is 19.5. The summed E-state index contributed by atoms with van der Waals surface area (Å²) in [6.45, 7) is 8.79. The molecular formula is C46H51ClN6O8S. The number of allylic oxidation sites excluding steroid dienone is 1. The summed E-state index contributed by atoms with van der Waals surface area (Å²) in [6, 6.07) is 20.1.